The Bertz CT molecular complexity index is 933. The number of carbonyl (C=O) groups is 1. The number of nitrogens with one attached hydrogen (secondary N) is 1. The average molecular weight is 460 g/mol. The summed E-state index contributed by atoms with van der Waals surface area (Å²) in [7, 11) is 1.66. The van der Waals surface area contributed by atoms with Crippen molar-refractivity contribution in [2.45, 2.75) is 38.2 Å². The minimum absolute atomic E-state index is 0.258. The molecule has 1 N–H and O–H groups in total. The number of nitrogens with zero attached hydrogens (tertiary/aromatic N) is 2. The molecule has 8 heteroatoms. The van der Waals surface area contributed by atoms with E-state index in [1.165, 1.54) is 25.9 Å². The van der Waals surface area contributed by atoms with Crippen LogP contribution < -0.4 is 14.8 Å². The van der Waals surface area contributed by atoms with Gasteiger partial charge in [0.25, 0.3) is 6.47 Å². The number of carbonyl (C=O) groups excluding carboxylic acids is 1. The number of thioether (sulfide) groups is 1. The molecule has 1 fully saturated rings. The maximum Gasteiger partial charge on any atom is 0.293 e. The molecule has 1 atom stereocenters. The summed E-state index contributed by atoms with van der Waals surface area (Å²) < 4.78 is 17.2. The number of hydrogen-bond donors (Lipinski definition) is 1. The summed E-state index contributed by atoms with van der Waals surface area (Å²) >= 11 is 1.79. The van der Waals surface area contributed by atoms with Gasteiger partial charge in [-0.2, -0.15) is 11.8 Å². The highest BCUT2D eigenvalue weighted by atomic mass is 32.2. The van der Waals surface area contributed by atoms with Crippen molar-refractivity contribution in [3.05, 3.63) is 23.3 Å². The Hall–Kier alpha value is -2.19. The fourth-order valence-electron chi connectivity index (χ4n) is 4.75. The molecular weight excluding hydrogens is 426 g/mol. The Kier molecular flexibility index (Phi) is 7.97. The highest BCUT2D eigenvalue weighted by Gasteiger charge is 2.30. The van der Waals surface area contributed by atoms with Crippen molar-refractivity contribution in [1.29, 1.82) is 0 Å². The largest absolute Gasteiger partial charge is 0.493 e. The molecule has 1 aliphatic carbocycles. The summed E-state index contributed by atoms with van der Waals surface area (Å²) in [6.45, 7) is 5.48. The lowest BCUT2D eigenvalue weighted by molar-refractivity contribution is -0.133. The zero-order chi connectivity index (χ0) is 22.3. The molecule has 174 valence electrons. The van der Waals surface area contributed by atoms with Crippen LogP contribution in [0.3, 0.4) is 0 Å². The van der Waals surface area contributed by atoms with E-state index >= 15 is 0 Å². The Labute approximate surface area is 194 Å². The van der Waals surface area contributed by atoms with Gasteiger partial charge in [0.2, 0.25) is 0 Å². The second-order valence-corrected chi connectivity index (χ2v) is 9.29. The summed E-state index contributed by atoms with van der Waals surface area (Å²) in [5.41, 5.74) is 2.99. The highest BCUT2D eigenvalue weighted by molar-refractivity contribution is 7.98. The summed E-state index contributed by atoms with van der Waals surface area (Å²) in [6.07, 6.45) is 7.02. The average Bonchev–Trinajstić information content (AvgIpc) is 3.47. The number of hydrogen-bond acceptors (Lipinski definition) is 8. The van der Waals surface area contributed by atoms with Gasteiger partial charge in [0.1, 0.15) is 11.9 Å². The number of aromatic nitrogens is 1. The van der Waals surface area contributed by atoms with E-state index in [0.29, 0.717) is 24.6 Å². The van der Waals surface area contributed by atoms with Crippen molar-refractivity contribution in [3.8, 4) is 11.5 Å². The molecule has 0 spiro atoms. The van der Waals surface area contributed by atoms with Gasteiger partial charge in [0.15, 0.2) is 11.5 Å². The Morgan fingerprint density at radius 3 is 2.88 bits per heavy atom. The molecule has 0 radical (unpaired) electrons. The van der Waals surface area contributed by atoms with Crippen LogP contribution >= 0.6 is 11.8 Å². The second-order valence-electron chi connectivity index (χ2n) is 8.30. The molecule has 1 unspecified atom stereocenters. The quantitative estimate of drug-likeness (QED) is 0.377. The molecule has 4 rings (SSSR count). The van der Waals surface area contributed by atoms with Crippen molar-refractivity contribution in [1.82, 2.24) is 9.88 Å². The SMILES string of the molecule is COc1cc2c3c(c(NCCSC)nc2cc1OCCCN1CCCC1)CCC3OC=O. The molecule has 2 aromatic rings. The van der Waals surface area contributed by atoms with Crippen LogP contribution in [0.25, 0.3) is 10.9 Å². The molecule has 0 bridgehead atoms. The van der Waals surface area contributed by atoms with Gasteiger partial charge in [-0.1, -0.05) is 0 Å². The third-order valence-corrected chi connectivity index (χ3v) is 6.90. The number of pyridine rings is 1. The number of benzene rings is 1. The first-order valence-electron chi connectivity index (χ1n) is 11.5. The van der Waals surface area contributed by atoms with Crippen LogP contribution in [0, 0.1) is 0 Å². The van der Waals surface area contributed by atoms with Gasteiger partial charge >= 0.3 is 0 Å². The molecule has 7 nitrogen and oxygen atoms in total. The van der Waals surface area contributed by atoms with E-state index in [-0.39, 0.29) is 6.10 Å². The van der Waals surface area contributed by atoms with Crippen LogP contribution in [0.1, 0.15) is 42.9 Å². The molecule has 1 aliphatic heterocycles. The van der Waals surface area contributed by atoms with E-state index in [1.54, 1.807) is 18.9 Å². The summed E-state index contributed by atoms with van der Waals surface area (Å²) in [5.74, 6) is 3.26. The van der Waals surface area contributed by atoms with Crippen LogP contribution in [-0.4, -0.2) is 68.3 Å². The lowest BCUT2D eigenvalue weighted by atomic mass is 10.0. The van der Waals surface area contributed by atoms with E-state index in [0.717, 1.165) is 66.0 Å². The van der Waals surface area contributed by atoms with Crippen molar-refractivity contribution < 1.29 is 19.0 Å². The molecular formula is C24H33N3O4S. The molecule has 0 amide bonds. The molecule has 0 saturated carbocycles. The third kappa shape index (κ3) is 5.07. The summed E-state index contributed by atoms with van der Waals surface area (Å²) in [5, 5.41) is 4.44. The first-order chi connectivity index (χ1) is 15.7. The van der Waals surface area contributed by atoms with Crippen LogP contribution in [0.5, 0.6) is 11.5 Å². The lowest BCUT2D eigenvalue weighted by Crippen LogP contribution is -2.21. The molecule has 1 saturated heterocycles. The fraction of sp³-hybridized carbons (Fsp3) is 0.583. The van der Waals surface area contributed by atoms with Gasteiger partial charge in [-0.15, -0.1) is 0 Å². The van der Waals surface area contributed by atoms with Crippen LogP contribution in [0.15, 0.2) is 12.1 Å². The summed E-state index contributed by atoms with van der Waals surface area (Å²) in [6, 6.07) is 3.94. The van der Waals surface area contributed by atoms with Gasteiger partial charge in [-0.25, -0.2) is 4.98 Å². The molecule has 32 heavy (non-hydrogen) atoms. The lowest BCUT2D eigenvalue weighted by Gasteiger charge is -2.19. The number of ether oxygens (including phenoxy) is 3. The third-order valence-electron chi connectivity index (χ3n) is 6.29. The molecule has 2 aliphatic rings. The predicted octanol–water partition coefficient (Wildman–Crippen LogP) is 4.04. The van der Waals surface area contributed by atoms with Gasteiger partial charge < -0.3 is 24.4 Å². The van der Waals surface area contributed by atoms with E-state index in [4.69, 9.17) is 19.2 Å². The van der Waals surface area contributed by atoms with E-state index in [9.17, 15) is 4.79 Å². The van der Waals surface area contributed by atoms with Gasteiger partial charge in [-0.05, 0) is 57.5 Å². The zero-order valence-electron chi connectivity index (χ0n) is 19.0. The van der Waals surface area contributed by atoms with Crippen LogP contribution in [0.2, 0.25) is 0 Å². The smallest absolute Gasteiger partial charge is 0.293 e. The van der Waals surface area contributed by atoms with Gasteiger partial charge in [0, 0.05) is 41.4 Å². The van der Waals surface area contributed by atoms with Crippen molar-refractivity contribution in [3.63, 3.8) is 0 Å². The van der Waals surface area contributed by atoms with Gasteiger partial charge in [0.05, 0.1) is 19.2 Å². The Morgan fingerprint density at radius 2 is 2.12 bits per heavy atom. The zero-order valence-corrected chi connectivity index (χ0v) is 19.8. The van der Waals surface area contributed by atoms with Crippen molar-refractivity contribution in [2.75, 3.05) is 57.2 Å². The van der Waals surface area contributed by atoms with Crippen molar-refractivity contribution in [2.24, 2.45) is 0 Å². The first-order valence-corrected chi connectivity index (χ1v) is 12.9. The maximum absolute atomic E-state index is 11.1. The minimum Gasteiger partial charge on any atom is -0.493 e. The first kappa shape index (κ1) is 23.0. The van der Waals surface area contributed by atoms with Crippen LogP contribution in [-0.2, 0) is 16.0 Å². The minimum atomic E-state index is -0.258. The van der Waals surface area contributed by atoms with E-state index < -0.39 is 0 Å². The summed E-state index contributed by atoms with van der Waals surface area (Å²) in [4.78, 5) is 18.5. The number of fused-ring (bicyclic) bond motifs is 3. The molecule has 2 heterocycles. The fourth-order valence-corrected chi connectivity index (χ4v) is 5.05. The van der Waals surface area contributed by atoms with E-state index in [2.05, 4.69) is 16.5 Å². The molecule has 1 aromatic heterocycles. The second kappa shape index (κ2) is 11.1. The molecule has 1 aromatic carbocycles. The topological polar surface area (TPSA) is 72.9 Å². The number of anilines is 1. The predicted molar refractivity (Wildman–Crippen MR) is 129 cm³/mol. The normalized spacial score (nSPS) is 18.0. The Balaban J connectivity index is 1.61. The van der Waals surface area contributed by atoms with E-state index in [1.807, 2.05) is 12.1 Å². The monoisotopic (exact) mass is 459 g/mol. The number of likely N-dealkylation sites (tertiary alicyclic amines) is 1. The number of rotatable bonds is 12. The Morgan fingerprint density at radius 1 is 1.28 bits per heavy atom. The van der Waals surface area contributed by atoms with Crippen molar-refractivity contribution >= 4 is 35.0 Å². The maximum atomic E-state index is 11.1. The van der Waals surface area contributed by atoms with Crippen LogP contribution in [0.4, 0.5) is 5.82 Å². The van der Waals surface area contributed by atoms with Gasteiger partial charge in [-0.3, -0.25) is 4.79 Å². The highest BCUT2D eigenvalue weighted by Crippen LogP contribution is 2.44. The number of methoxy groups -OCH3 is 1. The standard InChI is InChI=1S/C24H33N3O4S/c1-29-21-14-18-19(15-22(21)30-12-5-11-27-9-3-4-10-27)26-24(25-8-13-32-2)17-6-7-20(23(17)18)31-16-28/h14-16,20H,3-13H2,1-2H3,(H,25,26).